The number of carbonyl (C=O) groups excluding carboxylic acids is 1. The van der Waals surface area contributed by atoms with E-state index in [1.807, 2.05) is 56.3 Å². The molecular formula is C30H27ClN4O3. The Morgan fingerprint density at radius 3 is 2.50 bits per heavy atom. The van der Waals surface area contributed by atoms with Gasteiger partial charge in [-0.2, -0.15) is 10.4 Å². The Bertz CT molecular complexity index is 1470. The van der Waals surface area contributed by atoms with Crippen molar-refractivity contribution in [3.05, 3.63) is 95.2 Å². The predicted molar refractivity (Wildman–Crippen MR) is 150 cm³/mol. The minimum absolute atomic E-state index is 0.0678. The van der Waals surface area contributed by atoms with Crippen molar-refractivity contribution in [3.8, 4) is 34.5 Å². The number of hydrogen-bond acceptors (Lipinski definition) is 5. The van der Waals surface area contributed by atoms with Gasteiger partial charge in [0.2, 0.25) is 0 Å². The molecular weight excluding hydrogens is 500 g/mol. The van der Waals surface area contributed by atoms with E-state index >= 15 is 0 Å². The van der Waals surface area contributed by atoms with E-state index in [0.29, 0.717) is 46.7 Å². The first-order chi connectivity index (χ1) is 18.5. The average Bonchev–Trinajstić information content (AvgIpc) is 3.36. The van der Waals surface area contributed by atoms with Crippen LogP contribution in [0.4, 0.5) is 5.69 Å². The van der Waals surface area contributed by atoms with Gasteiger partial charge in [0, 0.05) is 23.0 Å². The second kappa shape index (κ2) is 12.6. The molecule has 0 aliphatic heterocycles. The van der Waals surface area contributed by atoms with Crippen LogP contribution in [0.15, 0.2) is 84.6 Å². The molecule has 0 saturated heterocycles. The third-order valence-electron chi connectivity index (χ3n) is 5.52. The lowest BCUT2D eigenvalue weighted by Gasteiger charge is -2.08. The standard InChI is InChI=1S/C30H27ClN4O3/c1-3-16-38-28-15-10-21(18-27(28)31)29-23(20-35(34-29)25-8-6-5-7-9-25)17-22(19-32)30(36)33-24-11-13-26(14-12-24)37-4-2/h5-15,17-18,20H,3-4,16H2,1-2H3,(H,33,36)/b22-17-. The van der Waals surface area contributed by atoms with Crippen LogP contribution in [0.3, 0.4) is 0 Å². The van der Waals surface area contributed by atoms with Crippen LogP contribution >= 0.6 is 11.6 Å². The zero-order valence-electron chi connectivity index (χ0n) is 21.1. The summed E-state index contributed by atoms with van der Waals surface area (Å²) >= 11 is 6.50. The Balaban J connectivity index is 1.69. The average molecular weight is 527 g/mol. The van der Waals surface area contributed by atoms with Crippen molar-refractivity contribution < 1.29 is 14.3 Å². The van der Waals surface area contributed by atoms with Crippen LogP contribution in [0, 0.1) is 11.3 Å². The summed E-state index contributed by atoms with van der Waals surface area (Å²) in [7, 11) is 0. The van der Waals surface area contributed by atoms with Crippen molar-refractivity contribution in [3.63, 3.8) is 0 Å². The number of carbonyl (C=O) groups is 1. The molecule has 192 valence electrons. The summed E-state index contributed by atoms with van der Waals surface area (Å²) in [5, 5.41) is 17.8. The highest BCUT2D eigenvalue weighted by Gasteiger charge is 2.17. The molecule has 0 atom stereocenters. The van der Waals surface area contributed by atoms with E-state index in [1.54, 1.807) is 47.3 Å². The summed E-state index contributed by atoms with van der Waals surface area (Å²) in [4.78, 5) is 13.0. The number of para-hydroxylation sites is 1. The number of nitrogens with one attached hydrogen (secondary N) is 1. The molecule has 3 aromatic carbocycles. The molecule has 0 fully saturated rings. The Labute approximate surface area is 226 Å². The first-order valence-electron chi connectivity index (χ1n) is 12.3. The lowest BCUT2D eigenvalue weighted by atomic mass is 10.1. The number of amides is 1. The maximum Gasteiger partial charge on any atom is 0.266 e. The van der Waals surface area contributed by atoms with E-state index in [0.717, 1.165) is 17.7 Å². The molecule has 38 heavy (non-hydrogen) atoms. The van der Waals surface area contributed by atoms with Crippen LogP contribution < -0.4 is 14.8 Å². The van der Waals surface area contributed by atoms with Crippen molar-refractivity contribution in [2.24, 2.45) is 0 Å². The quantitative estimate of drug-likeness (QED) is 0.179. The number of ether oxygens (including phenoxy) is 2. The topological polar surface area (TPSA) is 89.2 Å². The zero-order valence-corrected chi connectivity index (χ0v) is 21.9. The lowest BCUT2D eigenvalue weighted by molar-refractivity contribution is -0.112. The number of nitrogens with zero attached hydrogens (tertiary/aromatic N) is 3. The highest BCUT2D eigenvalue weighted by molar-refractivity contribution is 6.32. The lowest BCUT2D eigenvalue weighted by Crippen LogP contribution is -2.13. The van der Waals surface area contributed by atoms with Gasteiger partial charge in [-0.25, -0.2) is 4.68 Å². The monoisotopic (exact) mass is 526 g/mol. The van der Waals surface area contributed by atoms with E-state index in [-0.39, 0.29) is 5.57 Å². The van der Waals surface area contributed by atoms with Crippen molar-refractivity contribution in [2.75, 3.05) is 18.5 Å². The molecule has 1 N–H and O–H groups in total. The summed E-state index contributed by atoms with van der Waals surface area (Å²) in [6, 6.07) is 24.0. The van der Waals surface area contributed by atoms with Crippen molar-refractivity contribution >= 4 is 29.3 Å². The fourth-order valence-corrected chi connectivity index (χ4v) is 3.95. The van der Waals surface area contributed by atoms with E-state index in [9.17, 15) is 10.1 Å². The van der Waals surface area contributed by atoms with Gasteiger partial charge in [-0.05, 0) is 74.0 Å². The van der Waals surface area contributed by atoms with E-state index < -0.39 is 5.91 Å². The Morgan fingerprint density at radius 2 is 1.84 bits per heavy atom. The zero-order chi connectivity index (χ0) is 26.9. The number of halogens is 1. The van der Waals surface area contributed by atoms with Crippen LogP contribution in [-0.4, -0.2) is 28.9 Å². The molecule has 0 bridgehead atoms. The van der Waals surface area contributed by atoms with Crippen LogP contribution in [0.1, 0.15) is 25.8 Å². The molecule has 1 aromatic heterocycles. The first-order valence-corrected chi connectivity index (χ1v) is 12.6. The minimum Gasteiger partial charge on any atom is -0.494 e. The van der Waals surface area contributed by atoms with Crippen LogP contribution in [0.5, 0.6) is 11.5 Å². The van der Waals surface area contributed by atoms with E-state index in [2.05, 4.69) is 5.32 Å². The van der Waals surface area contributed by atoms with E-state index in [1.165, 1.54) is 6.08 Å². The Hall–Kier alpha value is -4.54. The number of rotatable bonds is 10. The van der Waals surface area contributed by atoms with Crippen LogP contribution in [-0.2, 0) is 4.79 Å². The van der Waals surface area contributed by atoms with Gasteiger partial charge in [0.25, 0.3) is 5.91 Å². The largest absolute Gasteiger partial charge is 0.494 e. The summed E-state index contributed by atoms with van der Waals surface area (Å²) in [5.74, 6) is 0.755. The van der Waals surface area contributed by atoms with Crippen molar-refractivity contribution in [1.29, 1.82) is 5.26 Å². The number of aromatic nitrogens is 2. The summed E-state index contributed by atoms with van der Waals surface area (Å²) < 4.78 is 12.8. The number of benzene rings is 3. The maximum atomic E-state index is 13.0. The predicted octanol–water partition coefficient (Wildman–Crippen LogP) is 6.93. The highest BCUT2D eigenvalue weighted by atomic mass is 35.5. The molecule has 4 aromatic rings. The van der Waals surface area contributed by atoms with Gasteiger partial charge in [-0.3, -0.25) is 4.79 Å². The van der Waals surface area contributed by atoms with Gasteiger partial charge in [0.05, 0.1) is 23.9 Å². The molecule has 8 heteroatoms. The number of anilines is 1. The normalized spacial score (nSPS) is 11.1. The van der Waals surface area contributed by atoms with Crippen LogP contribution in [0.2, 0.25) is 5.02 Å². The molecule has 0 saturated carbocycles. The molecule has 4 rings (SSSR count). The Morgan fingerprint density at radius 1 is 1.08 bits per heavy atom. The molecule has 0 spiro atoms. The van der Waals surface area contributed by atoms with Gasteiger partial charge in [0.15, 0.2) is 0 Å². The summed E-state index contributed by atoms with van der Waals surface area (Å²) in [6.45, 7) is 5.03. The summed E-state index contributed by atoms with van der Waals surface area (Å²) in [6.07, 6.45) is 4.17. The molecule has 7 nitrogen and oxygen atoms in total. The highest BCUT2D eigenvalue weighted by Crippen LogP contribution is 2.33. The smallest absolute Gasteiger partial charge is 0.266 e. The van der Waals surface area contributed by atoms with E-state index in [4.69, 9.17) is 26.2 Å². The van der Waals surface area contributed by atoms with Gasteiger partial charge in [-0.15, -0.1) is 0 Å². The van der Waals surface area contributed by atoms with Gasteiger partial charge in [-0.1, -0.05) is 36.7 Å². The number of hydrogen-bond donors (Lipinski definition) is 1. The molecule has 0 unspecified atom stereocenters. The van der Waals surface area contributed by atoms with Crippen molar-refractivity contribution in [1.82, 2.24) is 9.78 Å². The fraction of sp³-hybridized carbons (Fsp3) is 0.167. The second-order valence-electron chi connectivity index (χ2n) is 8.29. The SMILES string of the molecule is CCCOc1ccc(-c2nn(-c3ccccc3)cc2/C=C(/C#N)C(=O)Nc2ccc(OCC)cc2)cc1Cl. The Kier molecular flexibility index (Phi) is 8.81. The molecule has 1 amide bonds. The van der Waals surface area contributed by atoms with Gasteiger partial charge < -0.3 is 14.8 Å². The molecule has 0 aliphatic rings. The van der Waals surface area contributed by atoms with Gasteiger partial charge >= 0.3 is 0 Å². The summed E-state index contributed by atoms with van der Waals surface area (Å²) in [5.41, 5.74) is 3.20. The minimum atomic E-state index is -0.531. The number of nitriles is 1. The third kappa shape index (κ3) is 6.41. The second-order valence-corrected chi connectivity index (χ2v) is 8.70. The van der Waals surface area contributed by atoms with Crippen molar-refractivity contribution in [2.45, 2.75) is 20.3 Å². The van der Waals surface area contributed by atoms with Gasteiger partial charge in [0.1, 0.15) is 28.8 Å². The maximum absolute atomic E-state index is 13.0. The van der Waals surface area contributed by atoms with Crippen LogP contribution in [0.25, 0.3) is 23.0 Å². The molecule has 0 aliphatic carbocycles. The first kappa shape index (κ1) is 26.5. The third-order valence-corrected chi connectivity index (χ3v) is 5.81. The fourth-order valence-electron chi connectivity index (χ4n) is 3.71. The molecule has 1 heterocycles. The molecule has 0 radical (unpaired) electrons.